The summed E-state index contributed by atoms with van der Waals surface area (Å²) in [5, 5.41) is 33.9. The summed E-state index contributed by atoms with van der Waals surface area (Å²) in [5.41, 5.74) is 2.87. The van der Waals surface area contributed by atoms with Crippen LogP contribution in [-0.2, 0) is 0 Å². The zero-order valence-corrected chi connectivity index (χ0v) is 15.5. The second-order valence-corrected chi connectivity index (χ2v) is 6.15. The third-order valence-electron chi connectivity index (χ3n) is 4.31. The van der Waals surface area contributed by atoms with Gasteiger partial charge in [-0.3, -0.25) is 5.10 Å². The Morgan fingerprint density at radius 3 is 2.67 bits per heavy atom. The predicted octanol–water partition coefficient (Wildman–Crippen LogP) is 2.69. The number of H-pyrrole nitrogens is 1. The molecule has 0 spiro atoms. The third kappa shape index (κ3) is 2.78. The Kier molecular flexibility index (Phi) is 4.03. The fourth-order valence-electron chi connectivity index (χ4n) is 2.92. The number of benzene rings is 1. The molecule has 0 aliphatic heterocycles. The smallest absolute Gasteiger partial charge is 0.255 e. The van der Waals surface area contributed by atoms with Crippen molar-refractivity contribution in [2.75, 3.05) is 0 Å². The van der Waals surface area contributed by atoms with Gasteiger partial charge in [-0.15, -0.1) is 10.2 Å². The van der Waals surface area contributed by atoms with Crippen molar-refractivity contribution in [3.05, 3.63) is 60.4 Å². The van der Waals surface area contributed by atoms with Gasteiger partial charge in [0, 0.05) is 5.56 Å². The lowest BCUT2D eigenvalue weighted by atomic mass is 10.2. The molecule has 0 aliphatic rings. The first-order valence-electron chi connectivity index (χ1n) is 8.77. The number of nitriles is 1. The molecule has 0 radical (unpaired) electrons. The topological polar surface area (TPSA) is 151 Å². The summed E-state index contributed by atoms with van der Waals surface area (Å²) < 4.78 is 3.00. The minimum absolute atomic E-state index is 0.199. The van der Waals surface area contributed by atoms with Crippen LogP contribution >= 0.6 is 0 Å². The number of azo groups is 1. The molecule has 0 amide bonds. The molecule has 1 aromatic carbocycles. The lowest BCUT2D eigenvalue weighted by molar-refractivity contribution is 0.790. The molecule has 0 fully saturated rings. The maximum absolute atomic E-state index is 9.40. The minimum Gasteiger partial charge on any atom is -0.257 e. The minimum atomic E-state index is 0.199. The summed E-state index contributed by atoms with van der Waals surface area (Å²) in [4.78, 5) is 11.9. The number of hydrogen-bond acceptors (Lipinski definition) is 9. The van der Waals surface area contributed by atoms with Gasteiger partial charge in [0.15, 0.2) is 23.0 Å². The van der Waals surface area contributed by atoms with E-state index in [0.717, 1.165) is 5.56 Å². The summed E-state index contributed by atoms with van der Waals surface area (Å²) in [7, 11) is 0. The van der Waals surface area contributed by atoms with E-state index in [1.54, 1.807) is 4.52 Å². The highest BCUT2D eigenvalue weighted by atomic mass is 15.4. The van der Waals surface area contributed by atoms with E-state index in [2.05, 4.69) is 45.6 Å². The molecule has 30 heavy (non-hydrogen) atoms. The van der Waals surface area contributed by atoms with Crippen LogP contribution in [0.1, 0.15) is 11.3 Å². The molecule has 12 nitrogen and oxygen atoms in total. The highest BCUT2D eigenvalue weighted by Gasteiger charge is 2.18. The van der Waals surface area contributed by atoms with Crippen molar-refractivity contribution in [1.29, 1.82) is 5.26 Å². The van der Waals surface area contributed by atoms with Crippen LogP contribution < -0.4 is 0 Å². The zero-order chi connectivity index (χ0) is 20.5. The molecule has 0 saturated heterocycles. The lowest BCUT2D eigenvalue weighted by Crippen LogP contribution is -2.02. The Hall–Kier alpha value is -4.79. The van der Waals surface area contributed by atoms with Crippen LogP contribution in [0, 0.1) is 18.3 Å². The zero-order valence-electron chi connectivity index (χ0n) is 15.5. The van der Waals surface area contributed by atoms with E-state index >= 15 is 0 Å². The maximum Gasteiger partial charge on any atom is 0.255 e. The number of nitrogens with zero attached hydrogens (tertiary/aromatic N) is 11. The molecule has 5 aromatic rings. The average molecular weight is 396 g/mol. The molecule has 4 aromatic heterocycles. The largest absolute Gasteiger partial charge is 0.257 e. The Bertz CT molecular complexity index is 1400. The number of fused-ring (bicyclic) bond motifs is 1. The van der Waals surface area contributed by atoms with E-state index in [0.29, 0.717) is 22.9 Å². The normalized spacial score (nSPS) is 11.3. The number of hydrogen-bond donors (Lipinski definition) is 1. The number of aromatic nitrogens is 9. The van der Waals surface area contributed by atoms with Gasteiger partial charge < -0.3 is 0 Å². The lowest BCUT2D eigenvalue weighted by Gasteiger charge is -1.99. The highest BCUT2D eigenvalue weighted by molar-refractivity contribution is 5.70. The van der Waals surface area contributed by atoms with E-state index in [-0.39, 0.29) is 17.3 Å². The summed E-state index contributed by atoms with van der Waals surface area (Å²) in [5.74, 6) is 1.08. The Morgan fingerprint density at radius 1 is 1.10 bits per heavy atom. The second-order valence-electron chi connectivity index (χ2n) is 6.15. The molecular weight excluding hydrogens is 384 g/mol. The van der Waals surface area contributed by atoms with Crippen LogP contribution in [0.4, 0.5) is 11.5 Å². The Labute approximate surface area is 168 Å². The van der Waals surface area contributed by atoms with Gasteiger partial charge >= 0.3 is 0 Å². The van der Waals surface area contributed by atoms with Crippen molar-refractivity contribution in [2.45, 2.75) is 6.92 Å². The first-order valence-corrected chi connectivity index (χ1v) is 8.77. The quantitative estimate of drug-likeness (QED) is 0.458. The summed E-state index contributed by atoms with van der Waals surface area (Å²) in [6, 6.07) is 11.7. The average Bonchev–Trinajstić information content (AvgIpc) is 3.47. The number of aryl methyl sites for hydroxylation is 1. The summed E-state index contributed by atoms with van der Waals surface area (Å²) >= 11 is 0. The van der Waals surface area contributed by atoms with Crippen LogP contribution in [0.15, 0.2) is 59.4 Å². The molecule has 144 valence electrons. The van der Waals surface area contributed by atoms with Crippen LogP contribution in [-0.4, -0.2) is 44.5 Å². The van der Waals surface area contributed by atoms with E-state index in [4.69, 9.17) is 0 Å². The van der Waals surface area contributed by atoms with Gasteiger partial charge in [0.25, 0.3) is 5.95 Å². The monoisotopic (exact) mass is 396 g/mol. The van der Waals surface area contributed by atoms with E-state index in [9.17, 15) is 5.26 Å². The van der Waals surface area contributed by atoms with E-state index in [1.807, 2.05) is 43.3 Å². The fourth-order valence-corrected chi connectivity index (χ4v) is 2.92. The van der Waals surface area contributed by atoms with Gasteiger partial charge in [-0.25, -0.2) is 4.98 Å². The van der Waals surface area contributed by atoms with Crippen molar-refractivity contribution in [2.24, 2.45) is 10.2 Å². The van der Waals surface area contributed by atoms with Crippen molar-refractivity contribution in [1.82, 2.24) is 44.5 Å². The van der Waals surface area contributed by atoms with Gasteiger partial charge in [-0.1, -0.05) is 30.3 Å². The van der Waals surface area contributed by atoms with Crippen molar-refractivity contribution in [3.63, 3.8) is 0 Å². The highest BCUT2D eigenvalue weighted by Crippen LogP contribution is 2.30. The number of aromatic amines is 1. The molecule has 0 bridgehead atoms. The fraction of sp³-hybridized carbons (Fsp3) is 0.0556. The van der Waals surface area contributed by atoms with Crippen LogP contribution in [0.2, 0.25) is 0 Å². The van der Waals surface area contributed by atoms with E-state index < -0.39 is 0 Å². The molecule has 5 rings (SSSR count). The van der Waals surface area contributed by atoms with Crippen LogP contribution in [0.3, 0.4) is 0 Å². The Balaban J connectivity index is 1.59. The summed E-state index contributed by atoms with van der Waals surface area (Å²) in [6.07, 6.45) is 4.04. The van der Waals surface area contributed by atoms with Crippen molar-refractivity contribution >= 4 is 17.2 Å². The van der Waals surface area contributed by atoms with Crippen LogP contribution in [0.25, 0.3) is 23.0 Å². The van der Waals surface area contributed by atoms with Gasteiger partial charge in [0.1, 0.15) is 24.3 Å². The number of rotatable bonds is 4. The van der Waals surface area contributed by atoms with Crippen LogP contribution in [0.5, 0.6) is 0 Å². The molecule has 1 N–H and O–H groups in total. The molecule has 12 heteroatoms. The first kappa shape index (κ1) is 17.3. The molecule has 0 saturated carbocycles. The molecular formula is C18H12N12. The molecule has 0 unspecified atom stereocenters. The second kappa shape index (κ2) is 6.99. The number of nitrogens with one attached hydrogen (secondary N) is 1. The summed E-state index contributed by atoms with van der Waals surface area (Å²) in [6.45, 7) is 1.82. The van der Waals surface area contributed by atoms with Crippen molar-refractivity contribution in [3.8, 4) is 23.4 Å². The van der Waals surface area contributed by atoms with Gasteiger partial charge in [0.2, 0.25) is 0 Å². The van der Waals surface area contributed by atoms with Gasteiger partial charge in [-0.2, -0.15) is 39.7 Å². The molecule has 0 aliphatic carbocycles. The Morgan fingerprint density at radius 2 is 1.90 bits per heavy atom. The van der Waals surface area contributed by atoms with E-state index in [1.165, 1.54) is 23.5 Å². The third-order valence-corrected chi connectivity index (χ3v) is 4.31. The molecule has 0 atom stereocenters. The first-order chi connectivity index (χ1) is 14.8. The standard InChI is InChI=1S/C18H12N12/c1-11-14(17-27-26-15(29(17)28-11)12-5-3-2-4-6-12)24-25-16-13(7-19)8-23-30(16)18-21-9-20-10-22-18/h2-6,8-10,27H,1H3/b25-24+. The van der Waals surface area contributed by atoms with Gasteiger partial charge in [-0.05, 0) is 6.92 Å². The maximum atomic E-state index is 9.40. The van der Waals surface area contributed by atoms with Crippen molar-refractivity contribution < 1.29 is 0 Å². The predicted molar refractivity (Wildman–Crippen MR) is 103 cm³/mol. The SMILES string of the molecule is Cc1nn2c(-c3ccccc3)n[nH]c2c1/N=N/c1c(C#N)cnn1-c1ncncn1. The molecule has 4 heterocycles. The van der Waals surface area contributed by atoms with Gasteiger partial charge in [0.05, 0.1) is 11.9 Å².